The largest absolute Gasteiger partial charge is 0.290 e. The third kappa shape index (κ3) is 3.49. The number of benzene rings is 2. The van der Waals surface area contributed by atoms with Gasteiger partial charge in [-0.15, -0.1) is 0 Å². The summed E-state index contributed by atoms with van der Waals surface area (Å²) in [5, 5.41) is 3.47. The van der Waals surface area contributed by atoms with E-state index in [0.29, 0.717) is 9.93 Å². The first-order valence-electron chi connectivity index (χ1n) is 7.66. The highest BCUT2D eigenvalue weighted by Gasteiger charge is 2.25. The van der Waals surface area contributed by atoms with Crippen LogP contribution in [0.1, 0.15) is 5.56 Å². The summed E-state index contributed by atoms with van der Waals surface area (Å²) in [6.07, 6.45) is 1.66. The molecule has 4 nitrogen and oxygen atoms in total. The van der Waals surface area contributed by atoms with Crippen molar-refractivity contribution in [1.29, 1.82) is 0 Å². The number of carbonyl (C=O) groups excluding carboxylic acids is 2. The lowest BCUT2D eigenvalue weighted by molar-refractivity contribution is -0.115. The van der Waals surface area contributed by atoms with E-state index in [-0.39, 0.29) is 11.1 Å². The van der Waals surface area contributed by atoms with E-state index in [0.717, 1.165) is 33.1 Å². The third-order valence-electron chi connectivity index (χ3n) is 3.67. The van der Waals surface area contributed by atoms with Crippen LogP contribution in [-0.4, -0.2) is 16.1 Å². The minimum absolute atomic E-state index is 0.305. The first-order valence-corrected chi connectivity index (χ1v) is 9.30. The van der Waals surface area contributed by atoms with Gasteiger partial charge in [-0.1, -0.05) is 30.0 Å². The first kappa shape index (κ1) is 16.8. The third-order valence-corrected chi connectivity index (χ3v) is 5.51. The van der Waals surface area contributed by atoms with Crippen LogP contribution in [0.5, 0.6) is 0 Å². The fourth-order valence-corrected chi connectivity index (χ4v) is 4.02. The molecule has 0 unspecified atom stereocenters. The minimum Gasteiger partial charge on any atom is -0.282 e. The van der Waals surface area contributed by atoms with E-state index >= 15 is 0 Å². The van der Waals surface area contributed by atoms with Gasteiger partial charge >= 0.3 is 0 Å². The molecule has 26 heavy (non-hydrogen) atoms. The van der Waals surface area contributed by atoms with Crippen molar-refractivity contribution in [3.8, 4) is 0 Å². The number of para-hydroxylation sites is 1. The molecule has 1 fully saturated rings. The van der Waals surface area contributed by atoms with Crippen molar-refractivity contribution < 1.29 is 14.0 Å². The normalized spacial score (nSPS) is 15.7. The maximum atomic E-state index is 13.1. The number of nitrogens with zero attached hydrogens (tertiary/aromatic N) is 1. The number of halogens is 1. The molecular formula is C19H11FN2O2S2. The van der Waals surface area contributed by atoms with Gasteiger partial charge in [0, 0.05) is 15.8 Å². The Kier molecular flexibility index (Phi) is 4.48. The van der Waals surface area contributed by atoms with Gasteiger partial charge in [0.15, 0.2) is 0 Å². The van der Waals surface area contributed by atoms with E-state index in [4.69, 9.17) is 0 Å². The Bertz CT molecular complexity index is 1060. The zero-order chi connectivity index (χ0) is 18.1. The van der Waals surface area contributed by atoms with Crippen molar-refractivity contribution in [2.45, 2.75) is 9.92 Å². The molecule has 0 saturated carbocycles. The van der Waals surface area contributed by atoms with E-state index in [2.05, 4.69) is 10.3 Å². The molecule has 1 aliphatic rings. The number of aromatic nitrogens is 1. The smallest absolute Gasteiger partial charge is 0.282 e. The number of rotatable bonds is 3. The van der Waals surface area contributed by atoms with E-state index in [1.54, 1.807) is 18.2 Å². The van der Waals surface area contributed by atoms with Crippen molar-refractivity contribution in [2.75, 3.05) is 0 Å². The lowest BCUT2D eigenvalue weighted by Gasteiger charge is -2.08. The predicted octanol–water partition coefficient (Wildman–Crippen LogP) is 4.85. The van der Waals surface area contributed by atoms with Crippen LogP contribution in [0.15, 0.2) is 69.4 Å². The molecule has 7 heteroatoms. The Morgan fingerprint density at radius 1 is 1.08 bits per heavy atom. The van der Waals surface area contributed by atoms with Crippen molar-refractivity contribution in [2.24, 2.45) is 0 Å². The van der Waals surface area contributed by atoms with Gasteiger partial charge in [0.2, 0.25) is 0 Å². The number of hydrogen-bond acceptors (Lipinski definition) is 5. The quantitative estimate of drug-likeness (QED) is 0.656. The second kappa shape index (κ2) is 6.93. The minimum atomic E-state index is -0.411. The van der Waals surface area contributed by atoms with Crippen LogP contribution in [0.2, 0.25) is 0 Å². The fraction of sp³-hybridized carbons (Fsp3) is 0. The summed E-state index contributed by atoms with van der Waals surface area (Å²) < 4.78 is 13.1. The predicted molar refractivity (Wildman–Crippen MR) is 101 cm³/mol. The highest BCUT2D eigenvalue weighted by Crippen LogP contribution is 2.34. The summed E-state index contributed by atoms with van der Waals surface area (Å²) in [6, 6.07) is 15.7. The molecule has 1 saturated heterocycles. The number of hydrogen-bond donors (Lipinski definition) is 1. The number of nitrogens with one attached hydrogen (secondary N) is 1. The number of amides is 2. The Balaban J connectivity index is 1.81. The van der Waals surface area contributed by atoms with E-state index in [1.807, 2.05) is 30.3 Å². The van der Waals surface area contributed by atoms with Crippen molar-refractivity contribution in [3.05, 3.63) is 70.9 Å². The fourth-order valence-electron chi connectivity index (χ4n) is 2.48. The van der Waals surface area contributed by atoms with Crippen LogP contribution in [0.4, 0.5) is 9.18 Å². The van der Waals surface area contributed by atoms with Crippen LogP contribution < -0.4 is 5.32 Å². The second-order valence-electron chi connectivity index (χ2n) is 5.48. The van der Waals surface area contributed by atoms with Gasteiger partial charge in [0.05, 0.1) is 10.4 Å². The molecule has 2 amide bonds. The molecule has 0 spiro atoms. The molecule has 1 aliphatic heterocycles. The number of pyridine rings is 1. The zero-order valence-corrected chi connectivity index (χ0v) is 14.9. The van der Waals surface area contributed by atoms with Gasteiger partial charge in [-0.2, -0.15) is 0 Å². The molecule has 0 radical (unpaired) electrons. The van der Waals surface area contributed by atoms with Gasteiger partial charge in [0.1, 0.15) is 10.8 Å². The lowest BCUT2D eigenvalue weighted by atomic mass is 10.1. The van der Waals surface area contributed by atoms with Crippen molar-refractivity contribution in [3.63, 3.8) is 0 Å². The average Bonchev–Trinajstić information content (AvgIpc) is 2.94. The summed E-state index contributed by atoms with van der Waals surface area (Å²) in [6.45, 7) is 0. The van der Waals surface area contributed by atoms with Crippen molar-refractivity contribution in [1.82, 2.24) is 10.3 Å². The van der Waals surface area contributed by atoms with Crippen molar-refractivity contribution >= 4 is 51.6 Å². The van der Waals surface area contributed by atoms with Crippen LogP contribution >= 0.6 is 23.5 Å². The number of thioether (sulfide) groups is 1. The van der Waals surface area contributed by atoms with Gasteiger partial charge < -0.3 is 0 Å². The van der Waals surface area contributed by atoms with Crippen LogP contribution in [-0.2, 0) is 4.79 Å². The van der Waals surface area contributed by atoms with Crippen LogP contribution in [0.25, 0.3) is 17.0 Å². The maximum Gasteiger partial charge on any atom is 0.290 e. The van der Waals surface area contributed by atoms with E-state index in [1.165, 1.54) is 23.9 Å². The summed E-state index contributed by atoms with van der Waals surface area (Å²) in [5.74, 6) is -0.716. The Morgan fingerprint density at radius 3 is 2.58 bits per heavy atom. The molecule has 0 aliphatic carbocycles. The molecule has 1 N–H and O–H groups in total. The zero-order valence-electron chi connectivity index (χ0n) is 13.2. The Morgan fingerprint density at radius 2 is 1.85 bits per heavy atom. The molecule has 2 aromatic carbocycles. The Hall–Kier alpha value is -2.64. The summed E-state index contributed by atoms with van der Waals surface area (Å²) in [4.78, 5) is 29.1. The van der Waals surface area contributed by atoms with Crippen LogP contribution in [0.3, 0.4) is 0 Å². The number of carbonyl (C=O) groups is 2. The van der Waals surface area contributed by atoms with Gasteiger partial charge in [-0.25, -0.2) is 9.37 Å². The van der Waals surface area contributed by atoms with Gasteiger partial charge in [-0.05, 0) is 54.2 Å². The van der Waals surface area contributed by atoms with Gasteiger partial charge in [-0.3, -0.25) is 14.9 Å². The average molecular weight is 382 g/mol. The molecule has 2 heterocycles. The lowest BCUT2D eigenvalue weighted by Crippen LogP contribution is -2.17. The Labute approximate surface area is 156 Å². The van der Waals surface area contributed by atoms with E-state index in [9.17, 15) is 14.0 Å². The summed E-state index contributed by atoms with van der Waals surface area (Å²) in [5.41, 5.74) is 1.55. The number of fused-ring (bicyclic) bond motifs is 1. The molecule has 1 aromatic heterocycles. The van der Waals surface area contributed by atoms with E-state index < -0.39 is 5.91 Å². The maximum absolute atomic E-state index is 13.1. The molecule has 4 rings (SSSR count). The van der Waals surface area contributed by atoms with Crippen LogP contribution in [0, 0.1) is 5.82 Å². The summed E-state index contributed by atoms with van der Waals surface area (Å²) >= 11 is 2.24. The first-order chi connectivity index (χ1) is 12.6. The molecular weight excluding hydrogens is 371 g/mol. The number of imide groups is 1. The second-order valence-corrected chi connectivity index (χ2v) is 7.56. The highest BCUT2D eigenvalue weighted by atomic mass is 32.2. The molecule has 128 valence electrons. The standard InChI is InChI=1S/C19H11FN2O2S2/c20-13-5-7-14(8-6-13)25-18-12(10-16-17(23)22-19(24)26-16)9-11-3-1-2-4-15(11)21-18/h1-10H,(H,22,23,24). The molecule has 0 bridgehead atoms. The summed E-state index contributed by atoms with van der Waals surface area (Å²) in [7, 11) is 0. The molecule has 0 atom stereocenters. The SMILES string of the molecule is O=C1NC(=O)C(=Cc2cc3ccccc3nc2Sc2ccc(F)cc2)S1. The highest BCUT2D eigenvalue weighted by molar-refractivity contribution is 8.18. The monoisotopic (exact) mass is 382 g/mol. The topological polar surface area (TPSA) is 59.1 Å². The van der Waals surface area contributed by atoms with Gasteiger partial charge in [0.25, 0.3) is 11.1 Å². The molecule has 3 aromatic rings.